The molecular weight excluding hydrogens is 204 g/mol. The fourth-order valence-corrected chi connectivity index (χ4v) is 1.94. The average molecular weight is 224 g/mol. The Bertz CT molecular complexity index is 282. The largest absolute Gasteiger partial charge is 0.379 e. The first-order chi connectivity index (χ1) is 7.86. The van der Waals surface area contributed by atoms with Crippen molar-refractivity contribution < 1.29 is 4.74 Å². The minimum atomic E-state index is 0.555. The zero-order chi connectivity index (χ0) is 11.2. The summed E-state index contributed by atoms with van der Waals surface area (Å²) < 4.78 is 5.34. The van der Waals surface area contributed by atoms with Gasteiger partial charge in [0.1, 0.15) is 5.82 Å². The van der Waals surface area contributed by atoms with Crippen molar-refractivity contribution >= 4 is 0 Å². The van der Waals surface area contributed by atoms with Gasteiger partial charge in [-0.05, 0) is 6.92 Å². The smallest absolute Gasteiger partial charge is 0.120 e. The van der Waals surface area contributed by atoms with Gasteiger partial charge in [-0.3, -0.25) is 4.90 Å². The van der Waals surface area contributed by atoms with E-state index >= 15 is 0 Å². The Kier molecular flexibility index (Phi) is 4.33. The second-order valence-electron chi connectivity index (χ2n) is 4.16. The molecule has 16 heavy (non-hydrogen) atoms. The molecule has 1 saturated heterocycles. The Labute approximate surface area is 96.2 Å². The van der Waals surface area contributed by atoms with Gasteiger partial charge < -0.3 is 15.0 Å². The monoisotopic (exact) mass is 224 g/mol. The van der Waals surface area contributed by atoms with Crippen LogP contribution in [0.4, 0.5) is 0 Å². The molecule has 0 spiro atoms. The second kappa shape index (κ2) is 5.98. The molecule has 1 aliphatic heterocycles. The highest BCUT2D eigenvalue weighted by molar-refractivity contribution is 4.86. The Morgan fingerprint density at radius 1 is 1.56 bits per heavy atom. The van der Waals surface area contributed by atoms with Crippen LogP contribution < -0.4 is 5.32 Å². The molecule has 90 valence electrons. The number of imidazole rings is 1. The van der Waals surface area contributed by atoms with Crippen molar-refractivity contribution in [1.29, 1.82) is 0 Å². The topological polar surface area (TPSA) is 53.2 Å². The van der Waals surface area contributed by atoms with Crippen molar-refractivity contribution in [2.45, 2.75) is 19.5 Å². The molecule has 0 aromatic carbocycles. The zero-order valence-electron chi connectivity index (χ0n) is 9.78. The number of nitrogens with one attached hydrogen (secondary N) is 2. The maximum absolute atomic E-state index is 5.34. The van der Waals surface area contributed by atoms with Crippen LogP contribution in [0.25, 0.3) is 0 Å². The van der Waals surface area contributed by atoms with Crippen molar-refractivity contribution in [3.63, 3.8) is 0 Å². The van der Waals surface area contributed by atoms with Gasteiger partial charge in [0.05, 0.1) is 19.8 Å². The van der Waals surface area contributed by atoms with Crippen LogP contribution in [-0.4, -0.2) is 53.8 Å². The van der Waals surface area contributed by atoms with E-state index in [1.807, 2.05) is 6.20 Å². The molecule has 1 aromatic heterocycles. The third-order valence-corrected chi connectivity index (χ3v) is 2.96. The molecule has 2 heterocycles. The lowest BCUT2D eigenvalue weighted by atomic mass is 10.2. The summed E-state index contributed by atoms with van der Waals surface area (Å²) in [6.45, 7) is 7.86. The van der Waals surface area contributed by atoms with Crippen LogP contribution in [0.1, 0.15) is 12.7 Å². The van der Waals surface area contributed by atoms with Crippen LogP contribution in [0.3, 0.4) is 0 Å². The number of rotatable bonds is 5. The summed E-state index contributed by atoms with van der Waals surface area (Å²) in [7, 11) is 0. The van der Waals surface area contributed by atoms with Crippen molar-refractivity contribution in [2.75, 3.05) is 32.8 Å². The van der Waals surface area contributed by atoms with Crippen molar-refractivity contribution in [3.8, 4) is 0 Å². The molecule has 0 amide bonds. The van der Waals surface area contributed by atoms with E-state index in [2.05, 4.69) is 27.1 Å². The highest BCUT2D eigenvalue weighted by Crippen LogP contribution is 2.02. The quantitative estimate of drug-likeness (QED) is 0.751. The minimum absolute atomic E-state index is 0.555. The number of nitrogens with zero attached hydrogens (tertiary/aromatic N) is 2. The fourth-order valence-electron chi connectivity index (χ4n) is 1.94. The maximum Gasteiger partial charge on any atom is 0.120 e. The maximum atomic E-state index is 5.34. The number of hydrogen-bond acceptors (Lipinski definition) is 4. The number of ether oxygens (including phenoxy) is 1. The molecule has 0 saturated carbocycles. The van der Waals surface area contributed by atoms with Gasteiger partial charge in [-0.25, -0.2) is 4.98 Å². The molecule has 2 N–H and O–H groups in total. The van der Waals surface area contributed by atoms with Gasteiger partial charge in [0.25, 0.3) is 0 Å². The number of aromatic amines is 1. The lowest BCUT2D eigenvalue weighted by Crippen LogP contribution is -2.46. The molecule has 1 aromatic rings. The van der Waals surface area contributed by atoms with Crippen LogP contribution in [-0.2, 0) is 11.3 Å². The highest BCUT2D eigenvalue weighted by Gasteiger charge is 2.16. The van der Waals surface area contributed by atoms with Crippen LogP contribution in [0.2, 0.25) is 0 Å². The highest BCUT2D eigenvalue weighted by atomic mass is 16.5. The molecule has 1 aliphatic rings. The van der Waals surface area contributed by atoms with Gasteiger partial charge >= 0.3 is 0 Å². The lowest BCUT2D eigenvalue weighted by Gasteiger charge is -2.32. The second-order valence-corrected chi connectivity index (χ2v) is 4.16. The molecule has 2 rings (SSSR count). The van der Waals surface area contributed by atoms with Crippen molar-refractivity contribution in [3.05, 3.63) is 18.2 Å². The van der Waals surface area contributed by atoms with E-state index in [-0.39, 0.29) is 0 Å². The third-order valence-electron chi connectivity index (χ3n) is 2.96. The van der Waals surface area contributed by atoms with Gasteiger partial charge in [0, 0.05) is 38.1 Å². The van der Waals surface area contributed by atoms with Crippen molar-refractivity contribution in [1.82, 2.24) is 20.2 Å². The molecule has 1 unspecified atom stereocenters. The summed E-state index contributed by atoms with van der Waals surface area (Å²) >= 11 is 0. The SMILES string of the molecule is CC(CNCc1ncc[nH]1)N1CCOCC1. The first-order valence-corrected chi connectivity index (χ1v) is 5.87. The molecule has 1 atom stereocenters. The average Bonchev–Trinajstić information content (AvgIpc) is 2.83. The summed E-state index contributed by atoms with van der Waals surface area (Å²) in [5, 5.41) is 3.41. The molecule has 5 heteroatoms. The van der Waals surface area contributed by atoms with Gasteiger partial charge in [0.2, 0.25) is 0 Å². The predicted molar refractivity (Wildman–Crippen MR) is 62.1 cm³/mol. The van der Waals surface area contributed by atoms with Crippen LogP contribution in [0, 0.1) is 0 Å². The van der Waals surface area contributed by atoms with Gasteiger partial charge in [-0.15, -0.1) is 0 Å². The van der Waals surface area contributed by atoms with E-state index in [4.69, 9.17) is 4.74 Å². The summed E-state index contributed by atoms with van der Waals surface area (Å²) in [6.07, 6.45) is 3.63. The van der Waals surface area contributed by atoms with Crippen LogP contribution in [0.15, 0.2) is 12.4 Å². The summed E-state index contributed by atoms with van der Waals surface area (Å²) in [5.74, 6) is 0.995. The lowest BCUT2D eigenvalue weighted by molar-refractivity contribution is 0.0203. The number of aromatic nitrogens is 2. The van der Waals surface area contributed by atoms with Gasteiger partial charge in [-0.1, -0.05) is 0 Å². The summed E-state index contributed by atoms with van der Waals surface area (Å²) in [6, 6.07) is 0.555. The van der Waals surface area contributed by atoms with E-state index in [1.54, 1.807) is 6.20 Å². The minimum Gasteiger partial charge on any atom is -0.379 e. The number of hydrogen-bond donors (Lipinski definition) is 2. The number of morpholine rings is 1. The van der Waals surface area contributed by atoms with Gasteiger partial charge in [-0.2, -0.15) is 0 Å². The standard InChI is InChI=1S/C11H20N4O/c1-10(15-4-6-16-7-5-15)8-12-9-11-13-2-3-14-11/h2-3,10,12H,4-9H2,1H3,(H,13,14). The Hall–Kier alpha value is -0.910. The zero-order valence-corrected chi connectivity index (χ0v) is 9.78. The molecule has 0 bridgehead atoms. The normalized spacial score (nSPS) is 19.8. The predicted octanol–water partition coefficient (Wildman–Crippen LogP) is 0.220. The Morgan fingerprint density at radius 2 is 2.38 bits per heavy atom. The Balaban J connectivity index is 1.65. The van der Waals surface area contributed by atoms with E-state index in [1.165, 1.54) is 0 Å². The molecule has 5 nitrogen and oxygen atoms in total. The van der Waals surface area contributed by atoms with Gasteiger partial charge in [0.15, 0.2) is 0 Å². The van der Waals surface area contributed by atoms with E-state index in [0.717, 1.165) is 45.2 Å². The molecule has 0 aliphatic carbocycles. The van der Waals surface area contributed by atoms with E-state index in [0.29, 0.717) is 6.04 Å². The van der Waals surface area contributed by atoms with Crippen molar-refractivity contribution in [2.24, 2.45) is 0 Å². The Morgan fingerprint density at radius 3 is 3.06 bits per heavy atom. The van der Waals surface area contributed by atoms with E-state index in [9.17, 15) is 0 Å². The molecular formula is C11H20N4O. The summed E-state index contributed by atoms with van der Waals surface area (Å²) in [5.41, 5.74) is 0. The third kappa shape index (κ3) is 3.30. The molecule has 1 fully saturated rings. The first kappa shape index (κ1) is 11.6. The van der Waals surface area contributed by atoms with Crippen LogP contribution in [0.5, 0.6) is 0 Å². The fraction of sp³-hybridized carbons (Fsp3) is 0.727. The van der Waals surface area contributed by atoms with Crippen LogP contribution >= 0.6 is 0 Å². The summed E-state index contributed by atoms with van der Waals surface area (Å²) in [4.78, 5) is 9.71. The van der Waals surface area contributed by atoms with E-state index < -0.39 is 0 Å². The number of H-pyrrole nitrogens is 1. The first-order valence-electron chi connectivity index (χ1n) is 5.87. The molecule has 0 radical (unpaired) electrons.